The summed E-state index contributed by atoms with van der Waals surface area (Å²) in [5.74, 6) is -4.16. The first-order valence-corrected chi connectivity index (χ1v) is 16.4. The van der Waals surface area contributed by atoms with Crippen LogP contribution in [0.3, 0.4) is 0 Å². The Labute approximate surface area is 291 Å². The number of aromatic nitrogens is 1. The number of morpholine rings is 1. The Morgan fingerprint density at radius 1 is 0.980 bits per heavy atom. The number of hydrogen-bond acceptors (Lipinski definition) is 8. The van der Waals surface area contributed by atoms with Gasteiger partial charge in [0, 0.05) is 25.1 Å². The van der Waals surface area contributed by atoms with E-state index in [1.54, 1.807) is 13.8 Å². The van der Waals surface area contributed by atoms with E-state index in [1.165, 1.54) is 54.7 Å². The fourth-order valence-corrected chi connectivity index (χ4v) is 5.65. The van der Waals surface area contributed by atoms with E-state index in [9.17, 15) is 36.3 Å². The van der Waals surface area contributed by atoms with Crippen molar-refractivity contribution in [2.45, 2.75) is 82.3 Å². The number of Topliss-reactive ketones (excluding diaryl/α,β-unsaturated/α-hetero) is 1. The highest BCUT2D eigenvalue weighted by Crippen LogP contribution is 2.31. The Balaban J connectivity index is 1.47. The number of nitrogens with zero attached hydrogens (tertiary/aromatic N) is 1. The topological polar surface area (TPSA) is 116 Å². The zero-order valence-corrected chi connectivity index (χ0v) is 28.0. The van der Waals surface area contributed by atoms with E-state index in [4.69, 9.17) is 14.2 Å². The largest absolute Gasteiger partial charge is 0.464 e. The van der Waals surface area contributed by atoms with Gasteiger partial charge in [0.25, 0.3) is 0 Å². The van der Waals surface area contributed by atoms with Crippen LogP contribution >= 0.6 is 0 Å². The minimum absolute atomic E-state index is 0.0926. The second kappa shape index (κ2) is 18.1. The van der Waals surface area contributed by atoms with Gasteiger partial charge in [-0.25, -0.2) is 18.0 Å². The van der Waals surface area contributed by atoms with Crippen molar-refractivity contribution < 1.29 is 54.9 Å². The van der Waals surface area contributed by atoms with E-state index in [1.807, 2.05) is 0 Å². The SMILES string of the molecule is CC(C)OC(=O)N[C@H](C(=O)Cc1cncc(F)c1CC[C@@H]1CN[C@H](COC(=O)CCC(F)(F)F)CO1)C(c1ccc(F)cc1)c1ccc(F)cc1. The fourth-order valence-electron chi connectivity index (χ4n) is 5.65. The standard InChI is InChI=1S/C36H39F6N3O6/c1-21(2)51-35(48)45-34(33(22-3-7-25(37)8-4-22)23-5-9-26(38)10-6-23)31(46)15-24-16-43-18-30(39)29(24)12-11-28-17-44-27(19-49-28)20-50-32(47)13-14-36(40,41)42/h3-10,16,18,21,27-28,33-34,44H,11-15,17,19-20H2,1-2H3,(H,45,48)/t27-,28+,34+/m0/s1. The average molecular weight is 724 g/mol. The molecular formula is C36H39F6N3O6. The molecule has 0 bridgehead atoms. The summed E-state index contributed by atoms with van der Waals surface area (Å²) in [6.07, 6.45) is -5.89. The van der Waals surface area contributed by atoms with Crippen LogP contribution in [0.2, 0.25) is 0 Å². The first-order valence-electron chi connectivity index (χ1n) is 16.4. The Morgan fingerprint density at radius 2 is 1.61 bits per heavy atom. The molecule has 1 aliphatic rings. The number of ketones is 1. The van der Waals surface area contributed by atoms with E-state index in [0.717, 1.165) is 6.20 Å². The highest BCUT2D eigenvalue weighted by molar-refractivity contribution is 5.91. The first-order chi connectivity index (χ1) is 24.2. The summed E-state index contributed by atoms with van der Waals surface area (Å²) in [6.45, 7) is 3.46. The molecule has 15 heteroatoms. The van der Waals surface area contributed by atoms with Gasteiger partial charge in [-0.3, -0.25) is 14.6 Å². The molecule has 0 saturated carbocycles. The number of halogens is 6. The molecule has 3 atom stereocenters. The predicted octanol–water partition coefficient (Wildman–Crippen LogP) is 6.12. The Bertz CT molecular complexity index is 1570. The molecule has 2 N–H and O–H groups in total. The zero-order chi connectivity index (χ0) is 37.1. The fraction of sp³-hybridized carbons (Fsp3) is 0.444. The average Bonchev–Trinajstić information content (AvgIpc) is 3.07. The molecule has 51 heavy (non-hydrogen) atoms. The second-order valence-electron chi connectivity index (χ2n) is 12.5. The summed E-state index contributed by atoms with van der Waals surface area (Å²) in [6, 6.07) is 8.86. The molecule has 1 amide bonds. The van der Waals surface area contributed by atoms with Gasteiger partial charge in [-0.1, -0.05) is 24.3 Å². The molecule has 0 radical (unpaired) electrons. The third-order valence-electron chi connectivity index (χ3n) is 8.16. The molecule has 276 valence electrons. The van der Waals surface area contributed by atoms with E-state index in [0.29, 0.717) is 17.5 Å². The Hall–Kier alpha value is -4.50. The number of carbonyl (C=O) groups excluding carboxylic acids is 3. The van der Waals surface area contributed by atoms with Crippen molar-refractivity contribution in [2.75, 3.05) is 19.8 Å². The van der Waals surface area contributed by atoms with Gasteiger partial charge in [0.05, 0.1) is 43.9 Å². The number of alkyl halides is 3. The molecule has 0 aliphatic carbocycles. The lowest BCUT2D eigenvalue weighted by atomic mass is 9.81. The van der Waals surface area contributed by atoms with Gasteiger partial charge in [0.1, 0.15) is 30.1 Å². The van der Waals surface area contributed by atoms with E-state index < -0.39 is 84.5 Å². The number of hydrogen-bond donors (Lipinski definition) is 2. The number of carbonyl (C=O) groups is 3. The highest BCUT2D eigenvalue weighted by atomic mass is 19.4. The maximum atomic E-state index is 15.2. The lowest BCUT2D eigenvalue weighted by Gasteiger charge is -2.30. The van der Waals surface area contributed by atoms with Gasteiger partial charge < -0.3 is 24.8 Å². The van der Waals surface area contributed by atoms with Crippen LogP contribution in [0.4, 0.5) is 31.1 Å². The molecule has 9 nitrogen and oxygen atoms in total. The molecule has 2 aromatic carbocycles. The smallest absolute Gasteiger partial charge is 0.408 e. The quantitative estimate of drug-likeness (QED) is 0.142. The lowest BCUT2D eigenvalue weighted by Crippen LogP contribution is -2.49. The molecule has 1 saturated heterocycles. The summed E-state index contributed by atoms with van der Waals surface area (Å²) in [5, 5.41) is 5.73. The van der Waals surface area contributed by atoms with E-state index >= 15 is 4.39 Å². The van der Waals surface area contributed by atoms with Gasteiger partial charge in [-0.15, -0.1) is 0 Å². The number of pyridine rings is 1. The van der Waals surface area contributed by atoms with E-state index in [2.05, 4.69) is 15.6 Å². The van der Waals surface area contributed by atoms with Crippen LogP contribution in [0.15, 0.2) is 60.9 Å². The molecular weight excluding hydrogens is 684 g/mol. The van der Waals surface area contributed by atoms with Gasteiger partial charge in [-0.2, -0.15) is 13.2 Å². The Morgan fingerprint density at radius 3 is 2.16 bits per heavy atom. The van der Waals surface area contributed by atoms with Gasteiger partial charge >= 0.3 is 18.2 Å². The maximum Gasteiger partial charge on any atom is 0.408 e. The Kier molecular flexibility index (Phi) is 14.0. The summed E-state index contributed by atoms with van der Waals surface area (Å²) in [7, 11) is 0. The number of benzene rings is 2. The molecule has 0 spiro atoms. The van der Waals surface area contributed by atoms with Gasteiger partial charge in [-0.05, 0) is 73.2 Å². The maximum absolute atomic E-state index is 15.2. The molecule has 1 aromatic heterocycles. The van der Waals surface area contributed by atoms with Gasteiger partial charge in [0.2, 0.25) is 0 Å². The summed E-state index contributed by atoms with van der Waals surface area (Å²) in [5.41, 5.74) is 1.35. The van der Waals surface area contributed by atoms with Crippen LogP contribution in [-0.4, -0.2) is 73.1 Å². The zero-order valence-electron chi connectivity index (χ0n) is 28.0. The molecule has 1 fully saturated rings. The normalized spacial score (nSPS) is 16.9. The van der Waals surface area contributed by atoms with Crippen LogP contribution in [0.1, 0.15) is 61.3 Å². The number of nitrogens with one attached hydrogen (secondary N) is 2. The van der Waals surface area contributed by atoms with Crippen LogP contribution in [-0.2, 0) is 36.6 Å². The number of esters is 1. The van der Waals surface area contributed by atoms with Gasteiger partial charge in [0.15, 0.2) is 5.78 Å². The molecule has 3 aromatic rings. The van der Waals surface area contributed by atoms with Crippen LogP contribution in [0, 0.1) is 17.5 Å². The molecule has 0 unspecified atom stereocenters. The van der Waals surface area contributed by atoms with Crippen LogP contribution in [0.5, 0.6) is 0 Å². The highest BCUT2D eigenvalue weighted by Gasteiger charge is 2.34. The number of rotatable bonds is 15. The molecule has 1 aliphatic heterocycles. The predicted molar refractivity (Wildman–Crippen MR) is 172 cm³/mol. The monoisotopic (exact) mass is 723 g/mol. The van der Waals surface area contributed by atoms with Crippen LogP contribution < -0.4 is 10.6 Å². The second-order valence-corrected chi connectivity index (χ2v) is 12.5. The minimum atomic E-state index is -4.46. The molecule has 4 rings (SSSR count). The van der Waals surface area contributed by atoms with Crippen molar-refractivity contribution in [3.8, 4) is 0 Å². The summed E-state index contributed by atoms with van der Waals surface area (Å²) in [4.78, 5) is 42.6. The number of ether oxygens (including phenoxy) is 3. The number of amides is 1. The lowest BCUT2D eigenvalue weighted by molar-refractivity contribution is -0.158. The molecule has 2 heterocycles. The van der Waals surface area contributed by atoms with Crippen molar-refractivity contribution in [3.63, 3.8) is 0 Å². The van der Waals surface area contributed by atoms with Crippen molar-refractivity contribution >= 4 is 17.8 Å². The van der Waals surface area contributed by atoms with Crippen molar-refractivity contribution in [1.82, 2.24) is 15.6 Å². The minimum Gasteiger partial charge on any atom is -0.464 e. The summed E-state index contributed by atoms with van der Waals surface area (Å²) < 4.78 is 96.1. The van der Waals surface area contributed by atoms with Crippen molar-refractivity contribution in [3.05, 3.63) is 101 Å². The van der Waals surface area contributed by atoms with E-state index in [-0.39, 0.29) is 43.7 Å². The third-order valence-corrected chi connectivity index (χ3v) is 8.16. The van der Waals surface area contributed by atoms with Crippen molar-refractivity contribution in [1.29, 1.82) is 0 Å². The first kappa shape index (κ1) is 39.3. The number of alkyl carbamates (subject to hydrolysis) is 1. The van der Waals surface area contributed by atoms with Crippen molar-refractivity contribution in [2.24, 2.45) is 0 Å². The summed E-state index contributed by atoms with van der Waals surface area (Å²) >= 11 is 0. The third kappa shape index (κ3) is 12.3. The van der Waals surface area contributed by atoms with Crippen LogP contribution in [0.25, 0.3) is 0 Å².